The summed E-state index contributed by atoms with van der Waals surface area (Å²) >= 11 is 0. The Morgan fingerprint density at radius 1 is 0.583 bits per heavy atom. The van der Waals surface area contributed by atoms with Crippen LogP contribution in [0.5, 0.6) is 0 Å². The molecule has 0 spiro atoms. The Hall–Kier alpha value is -0.200. The molecule has 0 saturated heterocycles. The summed E-state index contributed by atoms with van der Waals surface area (Å²) in [6, 6.07) is 0. The van der Waals surface area contributed by atoms with E-state index in [1.807, 2.05) is 41.5 Å². The zero-order chi connectivity index (χ0) is 19.1. The smallest absolute Gasteiger partial charge is 0.0910 e. The van der Waals surface area contributed by atoms with E-state index in [2.05, 4.69) is 6.92 Å². The van der Waals surface area contributed by atoms with Crippen LogP contribution in [0.4, 0.5) is 0 Å². The molecular formula is C19H40O5. The fourth-order valence-corrected chi connectivity index (χ4v) is 1.72. The highest BCUT2D eigenvalue weighted by Gasteiger charge is 2.40. The number of aliphatic hydroxyl groups is 1. The van der Waals surface area contributed by atoms with Crippen molar-refractivity contribution in [1.82, 2.24) is 0 Å². The summed E-state index contributed by atoms with van der Waals surface area (Å²) in [7, 11) is 0. The van der Waals surface area contributed by atoms with Gasteiger partial charge in [0, 0.05) is 6.61 Å². The van der Waals surface area contributed by atoms with Gasteiger partial charge in [-0.15, -0.1) is 0 Å². The molecule has 0 saturated carbocycles. The van der Waals surface area contributed by atoms with Crippen LogP contribution in [0.1, 0.15) is 68.7 Å². The van der Waals surface area contributed by atoms with Crippen LogP contribution < -0.4 is 0 Å². The third-order valence-corrected chi connectivity index (χ3v) is 4.97. The van der Waals surface area contributed by atoms with Crippen molar-refractivity contribution in [3.05, 3.63) is 0 Å². The lowest BCUT2D eigenvalue weighted by molar-refractivity contribution is -0.200. The average molecular weight is 349 g/mol. The Morgan fingerprint density at radius 3 is 1.33 bits per heavy atom. The molecule has 146 valence electrons. The minimum atomic E-state index is -0.913. The summed E-state index contributed by atoms with van der Waals surface area (Å²) in [5.74, 6) is 0. The van der Waals surface area contributed by atoms with Crippen LogP contribution in [0.3, 0.4) is 0 Å². The first-order valence-corrected chi connectivity index (χ1v) is 8.99. The molecule has 0 aliphatic carbocycles. The van der Waals surface area contributed by atoms with Gasteiger partial charge in [-0.1, -0.05) is 6.92 Å². The van der Waals surface area contributed by atoms with Gasteiger partial charge in [0.05, 0.1) is 48.8 Å². The van der Waals surface area contributed by atoms with Crippen molar-refractivity contribution >= 4 is 0 Å². The van der Waals surface area contributed by atoms with E-state index in [0.717, 1.165) is 13.0 Å². The second-order valence-electron chi connectivity index (χ2n) is 8.25. The van der Waals surface area contributed by atoms with E-state index >= 15 is 0 Å². The summed E-state index contributed by atoms with van der Waals surface area (Å²) in [6.45, 7) is 20.2. The predicted molar refractivity (Wildman–Crippen MR) is 97.5 cm³/mol. The molecule has 0 unspecified atom stereocenters. The lowest BCUT2D eigenvalue weighted by Gasteiger charge is -2.42. The summed E-state index contributed by atoms with van der Waals surface area (Å²) in [5.41, 5.74) is -2.47. The van der Waals surface area contributed by atoms with Gasteiger partial charge in [-0.25, -0.2) is 0 Å². The second-order valence-corrected chi connectivity index (χ2v) is 8.25. The van der Waals surface area contributed by atoms with Crippen LogP contribution in [0.15, 0.2) is 0 Å². The Morgan fingerprint density at radius 2 is 0.958 bits per heavy atom. The SMILES string of the molecule is CCCOCCOC(C)(C)C(C)(C)OCCOC(C)(C)C(C)(C)O. The highest BCUT2D eigenvalue weighted by atomic mass is 16.6. The van der Waals surface area contributed by atoms with E-state index in [-0.39, 0.29) is 0 Å². The third-order valence-electron chi connectivity index (χ3n) is 4.97. The standard InChI is InChI=1S/C19H40O5/c1-10-11-21-12-13-23-18(6,7)19(8,9)24-15-14-22-17(4,5)16(2,3)20/h20H,10-15H2,1-9H3. The zero-order valence-corrected chi connectivity index (χ0v) is 17.3. The van der Waals surface area contributed by atoms with Crippen molar-refractivity contribution in [2.45, 2.75) is 91.1 Å². The van der Waals surface area contributed by atoms with E-state index < -0.39 is 22.4 Å². The van der Waals surface area contributed by atoms with E-state index in [9.17, 15) is 5.11 Å². The van der Waals surface area contributed by atoms with Crippen LogP contribution in [0, 0.1) is 0 Å². The fraction of sp³-hybridized carbons (Fsp3) is 1.00. The molecule has 5 nitrogen and oxygen atoms in total. The lowest BCUT2D eigenvalue weighted by Crippen LogP contribution is -2.51. The summed E-state index contributed by atoms with van der Waals surface area (Å²) in [5, 5.41) is 10.1. The van der Waals surface area contributed by atoms with Crippen LogP contribution >= 0.6 is 0 Å². The number of hydrogen-bond donors (Lipinski definition) is 1. The molecule has 0 aromatic heterocycles. The van der Waals surface area contributed by atoms with Gasteiger partial charge in [-0.05, 0) is 61.8 Å². The first kappa shape index (κ1) is 23.8. The largest absolute Gasteiger partial charge is 0.387 e. The highest BCUT2D eigenvalue weighted by Crippen LogP contribution is 2.29. The molecule has 0 aliphatic rings. The van der Waals surface area contributed by atoms with Crippen molar-refractivity contribution < 1.29 is 24.1 Å². The van der Waals surface area contributed by atoms with Gasteiger partial charge in [-0.3, -0.25) is 0 Å². The molecule has 0 fully saturated rings. The van der Waals surface area contributed by atoms with E-state index in [1.165, 1.54) is 0 Å². The zero-order valence-electron chi connectivity index (χ0n) is 17.3. The maximum Gasteiger partial charge on any atom is 0.0910 e. The molecule has 0 aromatic rings. The van der Waals surface area contributed by atoms with Crippen molar-refractivity contribution in [1.29, 1.82) is 0 Å². The monoisotopic (exact) mass is 348 g/mol. The van der Waals surface area contributed by atoms with Gasteiger partial charge in [0.2, 0.25) is 0 Å². The fourth-order valence-electron chi connectivity index (χ4n) is 1.72. The maximum absolute atomic E-state index is 10.1. The van der Waals surface area contributed by atoms with E-state index in [4.69, 9.17) is 18.9 Å². The molecule has 0 rings (SSSR count). The first-order valence-electron chi connectivity index (χ1n) is 8.99. The summed E-state index contributed by atoms with van der Waals surface area (Å²) in [6.07, 6.45) is 1.01. The third kappa shape index (κ3) is 7.79. The molecule has 0 bridgehead atoms. The number of ether oxygens (including phenoxy) is 4. The van der Waals surface area contributed by atoms with Crippen molar-refractivity contribution in [3.8, 4) is 0 Å². The predicted octanol–water partition coefficient (Wildman–Crippen LogP) is 3.57. The van der Waals surface area contributed by atoms with Crippen molar-refractivity contribution in [3.63, 3.8) is 0 Å². The minimum Gasteiger partial charge on any atom is -0.387 e. The number of hydrogen-bond acceptors (Lipinski definition) is 5. The minimum absolute atomic E-state index is 0.413. The van der Waals surface area contributed by atoms with Gasteiger partial charge in [-0.2, -0.15) is 0 Å². The van der Waals surface area contributed by atoms with E-state index in [1.54, 1.807) is 13.8 Å². The Balaban J connectivity index is 4.27. The van der Waals surface area contributed by atoms with Gasteiger partial charge >= 0.3 is 0 Å². The van der Waals surface area contributed by atoms with Crippen LogP contribution in [-0.2, 0) is 18.9 Å². The quantitative estimate of drug-likeness (QED) is 0.516. The van der Waals surface area contributed by atoms with E-state index in [0.29, 0.717) is 26.4 Å². The normalized spacial score (nSPS) is 14.2. The Bertz CT molecular complexity index is 342. The molecule has 24 heavy (non-hydrogen) atoms. The highest BCUT2D eigenvalue weighted by molar-refractivity contribution is 4.90. The summed E-state index contributed by atoms with van der Waals surface area (Å²) in [4.78, 5) is 0. The summed E-state index contributed by atoms with van der Waals surface area (Å²) < 4.78 is 23.2. The number of rotatable bonds is 13. The van der Waals surface area contributed by atoms with Crippen molar-refractivity contribution in [2.75, 3.05) is 33.0 Å². The average Bonchev–Trinajstić information content (AvgIpc) is 2.42. The van der Waals surface area contributed by atoms with Crippen LogP contribution in [0.2, 0.25) is 0 Å². The lowest BCUT2D eigenvalue weighted by atomic mass is 9.89. The van der Waals surface area contributed by atoms with Gasteiger partial charge < -0.3 is 24.1 Å². The molecule has 0 aliphatic heterocycles. The van der Waals surface area contributed by atoms with Crippen LogP contribution in [0.25, 0.3) is 0 Å². The molecule has 0 heterocycles. The first-order chi connectivity index (χ1) is 10.8. The van der Waals surface area contributed by atoms with Crippen LogP contribution in [-0.4, -0.2) is 60.5 Å². The second kappa shape index (κ2) is 9.48. The molecular weight excluding hydrogens is 308 g/mol. The molecule has 0 amide bonds. The molecule has 1 N–H and O–H groups in total. The molecule has 0 radical (unpaired) electrons. The van der Waals surface area contributed by atoms with Gasteiger partial charge in [0.25, 0.3) is 0 Å². The molecule has 0 atom stereocenters. The topological polar surface area (TPSA) is 57.2 Å². The Labute approximate surface area is 149 Å². The van der Waals surface area contributed by atoms with Gasteiger partial charge in [0.15, 0.2) is 0 Å². The molecule has 5 heteroatoms. The Kier molecular flexibility index (Phi) is 9.41. The van der Waals surface area contributed by atoms with Gasteiger partial charge in [0.1, 0.15) is 0 Å². The van der Waals surface area contributed by atoms with Crippen molar-refractivity contribution in [2.24, 2.45) is 0 Å². The molecule has 0 aromatic carbocycles. The maximum atomic E-state index is 10.1.